The van der Waals surface area contributed by atoms with Crippen LogP contribution in [0.3, 0.4) is 0 Å². The summed E-state index contributed by atoms with van der Waals surface area (Å²) in [4.78, 5) is 13.7. The van der Waals surface area contributed by atoms with Gasteiger partial charge in [0.25, 0.3) is 0 Å². The van der Waals surface area contributed by atoms with Crippen molar-refractivity contribution in [3.05, 3.63) is 29.3 Å². The predicted octanol–water partition coefficient (Wildman–Crippen LogP) is 1.91. The Labute approximate surface area is 83.5 Å². The zero-order valence-electron chi connectivity index (χ0n) is 8.12. The molecule has 0 aliphatic carbocycles. The van der Waals surface area contributed by atoms with Crippen LogP contribution in [0.5, 0.6) is 0 Å². The van der Waals surface area contributed by atoms with Crippen LogP contribution in [0.15, 0.2) is 18.2 Å². The van der Waals surface area contributed by atoms with Gasteiger partial charge in [0.2, 0.25) is 5.91 Å². The van der Waals surface area contributed by atoms with E-state index in [-0.39, 0.29) is 0 Å². The molecule has 0 saturated carbocycles. The third kappa shape index (κ3) is 0.999. The van der Waals surface area contributed by atoms with Gasteiger partial charge in [-0.3, -0.25) is 4.79 Å². The van der Waals surface area contributed by atoms with E-state index in [0.29, 0.717) is 12.3 Å². The van der Waals surface area contributed by atoms with Crippen LogP contribution in [0.2, 0.25) is 0 Å². The van der Waals surface area contributed by atoms with Crippen LogP contribution in [0.1, 0.15) is 24.0 Å². The smallest absolute Gasteiger partial charge is 0.227 e. The summed E-state index contributed by atoms with van der Waals surface area (Å²) < 4.78 is 0. The Kier molecular flexibility index (Phi) is 1.63. The quantitative estimate of drug-likeness (QED) is 0.607. The van der Waals surface area contributed by atoms with Gasteiger partial charge in [0, 0.05) is 18.7 Å². The summed E-state index contributed by atoms with van der Waals surface area (Å²) >= 11 is 0. The van der Waals surface area contributed by atoms with Crippen molar-refractivity contribution in [1.29, 1.82) is 0 Å². The number of hydrogen-bond acceptors (Lipinski definition) is 1. The molecule has 3 rings (SSSR count). The Balaban J connectivity index is 2.21. The topological polar surface area (TPSA) is 20.3 Å². The molecule has 1 amide bonds. The van der Waals surface area contributed by atoms with Gasteiger partial charge in [0.15, 0.2) is 0 Å². The van der Waals surface area contributed by atoms with Crippen molar-refractivity contribution < 1.29 is 4.79 Å². The zero-order valence-corrected chi connectivity index (χ0v) is 8.12. The molecule has 2 heterocycles. The first-order chi connectivity index (χ1) is 6.86. The molecule has 72 valence electrons. The van der Waals surface area contributed by atoms with Gasteiger partial charge in [-0.25, -0.2) is 0 Å². The molecule has 0 bridgehead atoms. The van der Waals surface area contributed by atoms with Gasteiger partial charge in [-0.15, -0.1) is 0 Å². The molecule has 1 aromatic rings. The van der Waals surface area contributed by atoms with Gasteiger partial charge in [-0.1, -0.05) is 18.2 Å². The lowest BCUT2D eigenvalue weighted by molar-refractivity contribution is -0.119. The zero-order chi connectivity index (χ0) is 9.54. The summed E-state index contributed by atoms with van der Waals surface area (Å²) in [6.45, 7) is 0.919. The fourth-order valence-corrected chi connectivity index (χ4v) is 2.56. The number of hydrogen-bond donors (Lipinski definition) is 0. The number of nitrogens with zero attached hydrogens (tertiary/aromatic N) is 1. The molecular weight excluding hydrogens is 174 g/mol. The lowest BCUT2D eigenvalue weighted by Crippen LogP contribution is -2.39. The standard InChI is InChI=1S/C12H13NO/c14-11-7-6-10-4-1-3-9-5-2-8-13(11)12(9)10/h1,3-4H,2,5-8H2. The van der Waals surface area contributed by atoms with Crippen molar-refractivity contribution >= 4 is 11.6 Å². The first kappa shape index (κ1) is 8.04. The summed E-state index contributed by atoms with van der Waals surface area (Å²) in [6.07, 6.45) is 3.87. The lowest BCUT2D eigenvalue weighted by Gasteiger charge is -2.34. The number of para-hydroxylation sites is 1. The molecule has 0 atom stereocenters. The van der Waals surface area contributed by atoms with Crippen LogP contribution < -0.4 is 4.90 Å². The Bertz CT molecular complexity index is 383. The van der Waals surface area contributed by atoms with E-state index in [4.69, 9.17) is 0 Å². The van der Waals surface area contributed by atoms with E-state index in [1.165, 1.54) is 16.8 Å². The molecule has 2 aliphatic rings. The minimum Gasteiger partial charge on any atom is -0.312 e. The van der Waals surface area contributed by atoms with Gasteiger partial charge in [0.1, 0.15) is 0 Å². The molecule has 0 saturated heterocycles. The van der Waals surface area contributed by atoms with Crippen molar-refractivity contribution in [1.82, 2.24) is 0 Å². The number of carbonyl (C=O) groups is 1. The van der Waals surface area contributed by atoms with E-state index < -0.39 is 0 Å². The second-order valence-electron chi connectivity index (χ2n) is 4.07. The molecule has 2 heteroatoms. The number of anilines is 1. The average molecular weight is 187 g/mol. The number of amides is 1. The highest BCUT2D eigenvalue weighted by atomic mass is 16.2. The Morgan fingerprint density at radius 3 is 2.71 bits per heavy atom. The largest absolute Gasteiger partial charge is 0.312 e. The maximum absolute atomic E-state index is 11.7. The summed E-state index contributed by atoms with van der Waals surface area (Å²) in [7, 11) is 0. The first-order valence-corrected chi connectivity index (χ1v) is 5.27. The molecular formula is C12H13NO. The van der Waals surface area contributed by atoms with Crippen molar-refractivity contribution in [3.63, 3.8) is 0 Å². The van der Waals surface area contributed by atoms with Crippen LogP contribution in [0, 0.1) is 0 Å². The Morgan fingerprint density at radius 1 is 1.07 bits per heavy atom. The van der Waals surface area contributed by atoms with E-state index in [0.717, 1.165) is 25.8 Å². The maximum Gasteiger partial charge on any atom is 0.227 e. The third-order valence-electron chi connectivity index (χ3n) is 3.21. The van der Waals surface area contributed by atoms with Crippen LogP contribution in [-0.2, 0) is 17.6 Å². The molecule has 0 spiro atoms. The van der Waals surface area contributed by atoms with Crippen LogP contribution >= 0.6 is 0 Å². The number of rotatable bonds is 0. The van der Waals surface area contributed by atoms with Crippen molar-refractivity contribution in [2.45, 2.75) is 25.7 Å². The normalized spacial score (nSPS) is 19.4. The molecule has 0 N–H and O–H groups in total. The number of carbonyl (C=O) groups excluding carboxylic acids is 1. The molecule has 0 aromatic heterocycles. The molecule has 0 fully saturated rings. The first-order valence-electron chi connectivity index (χ1n) is 5.27. The molecule has 0 radical (unpaired) electrons. The highest BCUT2D eigenvalue weighted by molar-refractivity contribution is 5.97. The van der Waals surface area contributed by atoms with Crippen LogP contribution in [0.25, 0.3) is 0 Å². The molecule has 0 unspecified atom stereocenters. The van der Waals surface area contributed by atoms with Crippen molar-refractivity contribution in [2.75, 3.05) is 11.4 Å². The third-order valence-corrected chi connectivity index (χ3v) is 3.21. The minimum atomic E-state index is 0.310. The van der Waals surface area contributed by atoms with Crippen LogP contribution in [-0.4, -0.2) is 12.5 Å². The number of aryl methyl sites for hydroxylation is 2. The molecule has 14 heavy (non-hydrogen) atoms. The lowest BCUT2D eigenvalue weighted by atomic mass is 9.92. The molecule has 2 nitrogen and oxygen atoms in total. The van der Waals surface area contributed by atoms with E-state index in [1.54, 1.807) is 0 Å². The summed E-state index contributed by atoms with van der Waals surface area (Å²) in [5.41, 5.74) is 3.96. The predicted molar refractivity (Wildman–Crippen MR) is 55.4 cm³/mol. The summed E-state index contributed by atoms with van der Waals surface area (Å²) in [5, 5.41) is 0. The number of benzene rings is 1. The Morgan fingerprint density at radius 2 is 1.86 bits per heavy atom. The SMILES string of the molecule is O=C1CCc2cccc3c2N1CCC3. The van der Waals surface area contributed by atoms with E-state index in [1.807, 2.05) is 4.90 Å². The second kappa shape index (κ2) is 2.84. The van der Waals surface area contributed by atoms with Crippen molar-refractivity contribution in [3.8, 4) is 0 Å². The summed E-state index contributed by atoms with van der Waals surface area (Å²) in [6, 6.07) is 6.43. The Hall–Kier alpha value is -1.31. The van der Waals surface area contributed by atoms with Crippen LogP contribution in [0.4, 0.5) is 5.69 Å². The maximum atomic E-state index is 11.7. The monoisotopic (exact) mass is 187 g/mol. The highest BCUT2D eigenvalue weighted by Crippen LogP contribution is 2.35. The van der Waals surface area contributed by atoms with E-state index >= 15 is 0 Å². The van der Waals surface area contributed by atoms with E-state index in [9.17, 15) is 4.79 Å². The van der Waals surface area contributed by atoms with Gasteiger partial charge in [0.05, 0.1) is 0 Å². The minimum absolute atomic E-state index is 0.310. The molecule has 2 aliphatic heterocycles. The van der Waals surface area contributed by atoms with Crippen molar-refractivity contribution in [2.24, 2.45) is 0 Å². The second-order valence-corrected chi connectivity index (χ2v) is 4.07. The fraction of sp³-hybridized carbons (Fsp3) is 0.417. The van der Waals surface area contributed by atoms with Gasteiger partial charge >= 0.3 is 0 Å². The van der Waals surface area contributed by atoms with Gasteiger partial charge in [-0.2, -0.15) is 0 Å². The van der Waals surface area contributed by atoms with Gasteiger partial charge in [-0.05, 0) is 30.4 Å². The van der Waals surface area contributed by atoms with E-state index in [2.05, 4.69) is 18.2 Å². The average Bonchev–Trinajstić information content (AvgIpc) is 2.24. The molecule has 1 aromatic carbocycles. The highest BCUT2D eigenvalue weighted by Gasteiger charge is 2.28. The summed E-state index contributed by atoms with van der Waals surface area (Å²) in [5.74, 6) is 0.310. The fourth-order valence-electron chi connectivity index (χ4n) is 2.56. The van der Waals surface area contributed by atoms with Gasteiger partial charge < -0.3 is 4.90 Å².